The Labute approximate surface area is 192 Å². The van der Waals surface area contributed by atoms with Gasteiger partial charge in [0.2, 0.25) is 6.41 Å². The number of anilines is 3. The Hall–Kier alpha value is -4.45. The van der Waals surface area contributed by atoms with Crippen molar-refractivity contribution in [3.8, 4) is 11.1 Å². The van der Waals surface area contributed by atoms with Gasteiger partial charge in [0.1, 0.15) is 0 Å². The zero-order valence-electron chi connectivity index (χ0n) is 18.6. The number of pyridine rings is 1. The van der Waals surface area contributed by atoms with Gasteiger partial charge in [0.15, 0.2) is 0 Å². The number of para-hydroxylation sites is 1. The molecule has 0 aliphatic heterocycles. The molecule has 1 aromatic heterocycles. The average Bonchev–Trinajstić information content (AvgIpc) is 2.84. The fraction of sp³-hybridized carbons (Fsp3) is 0.0741. The van der Waals surface area contributed by atoms with Crippen LogP contribution in [0.25, 0.3) is 21.9 Å². The second-order valence-electron chi connectivity index (χ2n) is 7.65. The maximum absolute atomic E-state index is 11.0. The van der Waals surface area contributed by atoms with Gasteiger partial charge < -0.3 is 16.0 Å². The largest absolute Gasteiger partial charge is 0.388 e. The van der Waals surface area contributed by atoms with Crippen LogP contribution in [0.2, 0.25) is 0 Å². The molecule has 0 saturated carbocycles. The fourth-order valence-corrected chi connectivity index (χ4v) is 3.85. The van der Waals surface area contributed by atoms with Crippen LogP contribution in [0.4, 0.5) is 17.1 Å². The lowest BCUT2D eigenvalue weighted by atomic mass is 9.95. The lowest BCUT2D eigenvalue weighted by Crippen LogP contribution is -2.13. The van der Waals surface area contributed by atoms with Crippen LogP contribution in [0.3, 0.4) is 0 Å². The quantitative estimate of drug-likeness (QED) is 0.208. The van der Waals surface area contributed by atoms with E-state index in [4.69, 9.17) is 5.41 Å². The number of fused-ring (bicyclic) bond motifs is 1. The van der Waals surface area contributed by atoms with E-state index in [1.165, 1.54) is 0 Å². The molecule has 1 heterocycles. The molecule has 0 bridgehead atoms. The molecular weight excluding hydrogens is 410 g/mol. The number of rotatable bonds is 8. The highest BCUT2D eigenvalue weighted by Gasteiger charge is 2.15. The fourth-order valence-electron chi connectivity index (χ4n) is 3.85. The summed E-state index contributed by atoms with van der Waals surface area (Å²) >= 11 is 0. The van der Waals surface area contributed by atoms with E-state index < -0.39 is 0 Å². The van der Waals surface area contributed by atoms with Crippen LogP contribution in [0.15, 0.2) is 85.3 Å². The Kier molecular flexibility index (Phi) is 6.17. The highest BCUT2D eigenvalue weighted by atomic mass is 16.1. The van der Waals surface area contributed by atoms with Gasteiger partial charge in [-0.05, 0) is 47.7 Å². The number of hydrogen-bond acceptors (Lipinski definition) is 5. The molecule has 0 radical (unpaired) electrons. The number of nitrogens with zero attached hydrogens (tertiary/aromatic N) is 1. The van der Waals surface area contributed by atoms with E-state index >= 15 is 0 Å². The van der Waals surface area contributed by atoms with Gasteiger partial charge in [-0.2, -0.15) is 0 Å². The summed E-state index contributed by atoms with van der Waals surface area (Å²) in [5, 5.41) is 19.8. The number of aryl methyl sites for hydroxylation is 1. The Morgan fingerprint density at radius 3 is 2.52 bits per heavy atom. The Bertz CT molecular complexity index is 1380. The molecule has 164 valence electrons. The highest BCUT2D eigenvalue weighted by molar-refractivity contribution is 6.16. The standard InChI is InChI=1S/C27H25N5O/c1-17-7-4-5-9-24(17)32-18(2)27(28)21-13-19(11-12-25(21)29-3)22-14-30-15-23-20(22)8-6-10-26(23)31-16-33/h4-16,28-29,32H,2H2,1,3H3,(H,31,33). The molecule has 6 heteroatoms. The average molecular weight is 436 g/mol. The third kappa shape index (κ3) is 4.32. The van der Waals surface area contributed by atoms with Gasteiger partial charge >= 0.3 is 0 Å². The monoisotopic (exact) mass is 435 g/mol. The van der Waals surface area contributed by atoms with Crippen molar-refractivity contribution in [2.75, 3.05) is 23.0 Å². The van der Waals surface area contributed by atoms with Crippen molar-refractivity contribution in [2.45, 2.75) is 6.92 Å². The van der Waals surface area contributed by atoms with Crippen molar-refractivity contribution >= 4 is 40.0 Å². The number of carbonyl (C=O) groups excluding carboxylic acids is 1. The zero-order valence-corrected chi connectivity index (χ0v) is 18.6. The molecule has 0 fully saturated rings. The lowest BCUT2D eigenvalue weighted by Gasteiger charge is -2.17. The minimum absolute atomic E-state index is 0.293. The van der Waals surface area contributed by atoms with Gasteiger partial charge in [0.05, 0.1) is 11.4 Å². The topological polar surface area (TPSA) is 89.9 Å². The van der Waals surface area contributed by atoms with Crippen molar-refractivity contribution in [1.29, 1.82) is 5.41 Å². The number of amides is 1. The molecule has 4 aromatic rings. The van der Waals surface area contributed by atoms with Crippen LogP contribution in [-0.2, 0) is 4.79 Å². The molecule has 0 saturated heterocycles. The molecule has 4 N–H and O–H groups in total. The van der Waals surface area contributed by atoms with Crippen molar-refractivity contribution in [3.05, 3.63) is 96.5 Å². The molecule has 4 rings (SSSR count). The minimum Gasteiger partial charge on any atom is -0.388 e. The Morgan fingerprint density at radius 1 is 0.970 bits per heavy atom. The van der Waals surface area contributed by atoms with Gasteiger partial charge in [-0.3, -0.25) is 15.2 Å². The SMILES string of the molecule is C=C(Nc1ccccc1C)C(=N)c1cc(-c2cncc3c(NC=O)cccc23)ccc1NC. The van der Waals surface area contributed by atoms with E-state index in [0.29, 0.717) is 23.5 Å². The predicted molar refractivity (Wildman–Crippen MR) is 137 cm³/mol. The van der Waals surface area contributed by atoms with Crippen molar-refractivity contribution < 1.29 is 4.79 Å². The van der Waals surface area contributed by atoms with Gasteiger partial charge in [-0.25, -0.2) is 0 Å². The molecule has 0 atom stereocenters. The molecule has 3 aromatic carbocycles. The van der Waals surface area contributed by atoms with Gasteiger partial charge in [-0.1, -0.05) is 43.0 Å². The van der Waals surface area contributed by atoms with E-state index in [1.807, 2.05) is 74.6 Å². The molecule has 0 spiro atoms. The predicted octanol–water partition coefficient (Wildman–Crippen LogP) is 5.81. The van der Waals surface area contributed by atoms with Gasteiger partial charge in [0.25, 0.3) is 0 Å². The molecule has 0 aliphatic carbocycles. The van der Waals surface area contributed by atoms with Crippen LogP contribution in [0.1, 0.15) is 11.1 Å². The molecular formula is C27H25N5O. The summed E-state index contributed by atoms with van der Waals surface area (Å²) in [6.07, 6.45) is 4.20. The molecule has 6 nitrogen and oxygen atoms in total. The number of allylic oxidation sites excluding steroid dienone is 1. The maximum Gasteiger partial charge on any atom is 0.211 e. The number of nitrogens with one attached hydrogen (secondary N) is 4. The van der Waals surface area contributed by atoms with Crippen LogP contribution >= 0.6 is 0 Å². The smallest absolute Gasteiger partial charge is 0.211 e. The van der Waals surface area contributed by atoms with E-state index in [1.54, 1.807) is 12.4 Å². The first-order valence-corrected chi connectivity index (χ1v) is 10.5. The Morgan fingerprint density at radius 2 is 1.76 bits per heavy atom. The normalized spacial score (nSPS) is 10.5. The first-order chi connectivity index (χ1) is 16.0. The number of carbonyl (C=O) groups is 1. The first kappa shape index (κ1) is 21.8. The summed E-state index contributed by atoms with van der Waals surface area (Å²) in [6, 6.07) is 19.6. The summed E-state index contributed by atoms with van der Waals surface area (Å²) in [7, 11) is 1.83. The number of benzene rings is 3. The number of hydrogen-bond donors (Lipinski definition) is 4. The van der Waals surface area contributed by atoms with Gasteiger partial charge in [-0.15, -0.1) is 0 Å². The summed E-state index contributed by atoms with van der Waals surface area (Å²) in [6.45, 7) is 6.12. The maximum atomic E-state index is 11.0. The minimum atomic E-state index is 0.293. The zero-order chi connectivity index (χ0) is 23.4. The molecule has 0 aliphatic rings. The molecule has 1 amide bonds. The first-order valence-electron chi connectivity index (χ1n) is 10.5. The second kappa shape index (κ2) is 9.36. The van der Waals surface area contributed by atoms with Crippen LogP contribution < -0.4 is 16.0 Å². The van der Waals surface area contributed by atoms with E-state index in [0.717, 1.165) is 44.4 Å². The summed E-state index contributed by atoms with van der Waals surface area (Å²) in [5.74, 6) is 0. The van der Waals surface area contributed by atoms with Crippen LogP contribution in [0, 0.1) is 12.3 Å². The van der Waals surface area contributed by atoms with Crippen LogP contribution in [0.5, 0.6) is 0 Å². The van der Waals surface area contributed by atoms with E-state index in [9.17, 15) is 4.79 Å². The van der Waals surface area contributed by atoms with Crippen molar-refractivity contribution in [3.63, 3.8) is 0 Å². The van der Waals surface area contributed by atoms with E-state index in [2.05, 4.69) is 27.5 Å². The van der Waals surface area contributed by atoms with Crippen molar-refractivity contribution in [1.82, 2.24) is 4.98 Å². The summed E-state index contributed by atoms with van der Waals surface area (Å²) < 4.78 is 0. The summed E-state index contributed by atoms with van der Waals surface area (Å²) in [5.41, 5.74) is 6.88. The highest BCUT2D eigenvalue weighted by Crippen LogP contribution is 2.34. The second-order valence-corrected chi connectivity index (χ2v) is 7.65. The number of aromatic nitrogens is 1. The molecule has 33 heavy (non-hydrogen) atoms. The third-order valence-corrected chi connectivity index (χ3v) is 5.62. The van der Waals surface area contributed by atoms with Gasteiger partial charge in [0, 0.05) is 53.0 Å². The summed E-state index contributed by atoms with van der Waals surface area (Å²) in [4.78, 5) is 15.4. The molecule has 0 unspecified atom stereocenters. The van der Waals surface area contributed by atoms with E-state index in [-0.39, 0.29) is 0 Å². The third-order valence-electron chi connectivity index (χ3n) is 5.62. The van der Waals surface area contributed by atoms with Crippen LogP contribution in [-0.4, -0.2) is 24.2 Å². The Balaban J connectivity index is 1.76. The van der Waals surface area contributed by atoms with Crippen molar-refractivity contribution in [2.24, 2.45) is 0 Å². The lowest BCUT2D eigenvalue weighted by molar-refractivity contribution is -0.105.